The van der Waals surface area contributed by atoms with Crippen molar-refractivity contribution in [2.24, 2.45) is 0 Å². The van der Waals surface area contributed by atoms with Crippen molar-refractivity contribution < 1.29 is 19.4 Å². The lowest BCUT2D eigenvalue weighted by molar-refractivity contribution is -0.00652. The van der Waals surface area contributed by atoms with Crippen LogP contribution in [0.5, 0.6) is 0 Å². The number of nitrogens with zero attached hydrogens (tertiary/aromatic N) is 1. The summed E-state index contributed by atoms with van der Waals surface area (Å²) in [6, 6.07) is 0. The lowest BCUT2D eigenvalue weighted by Gasteiger charge is -2.28. The van der Waals surface area contributed by atoms with Gasteiger partial charge in [0.2, 0.25) is 0 Å². The third kappa shape index (κ3) is 6.18. The Bertz CT molecular complexity index is 253. The van der Waals surface area contributed by atoms with Gasteiger partial charge in [0.25, 0.3) is 0 Å². The van der Waals surface area contributed by atoms with E-state index in [0.29, 0.717) is 26.2 Å². The molecule has 1 amide bonds. The summed E-state index contributed by atoms with van der Waals surface area (Å²) in [7, 11) is 0. The molecule has 0 aromatic rings. The molecule has 1 unspecified atom stereocenters. The molecule has 1 aliphatic heterocycles. The fourth-order valence-electron chi connectivity index (χ4n) is 1.59. The zero-order chi connectivity index (χ0) is 13.6. The molecule has 1 saturated heterocycles. The van der Waals surface area contributed by atoms with Gasteiger partial charge < -0.3 is 19.5 Å². The number of hydrogen-bond donors (Lipinski definition) is 2. The van der Waals surface area contributed by atoms with Crippen LogP contribution in [0.2, 0.25) is 0 Å². The number of aliphatic hydroxyl groups is 1. The quantitative estimate of drug-likeness (QED) is 0.665. The first kappa shape index (κ1) is 15.2. The highest BCUT2D eigenvalue weighted by Crippen LogP contribution is 2.10. The maximum absolute atomic E-state index is 11.9. The van der Waals surface area contributed by atoms with Crippen molar-refractivity contribution in [2.75, 3.05) is 32.8 Å². The van der Waals surface area contributed by atoms with Gasteiger partial charge in [-0.25, -0.2) is 4.79 Å². The van der Waals surface area contributed by atoms with Crippen LogP contribution in [-0.2, 0) is 9.47 Å². The highest BCUT2D eigenvalue weighted by molar-refractivity contribution is 5.68. The lowest BCUT2D eigenvalue weighted by Crippen LogP contribution is -2.43. The molecule has 18 heavy (non-hydrogen) atoms. The Hall–Kier alpha value is -0.850. The number of aliphatic hydroxyl groups excluding tert-OH is 1. The summed E-state index contributed by atoms with van der Waals surface area (Å²) in [5.74, 6) is 0. The molecule has 0 aromatic carbocycles. The van der Waals surface area contributed by atoms with Crippen LogP contribution in [0, 0.1) is 0 Å². The van der Waals surface area contributed by atoms with E-state index in [2.05, 4.69) is 5.32 Å². The second-order valence-corrected chi connectivity index (χ2v) is 5.37. The van der Waals surface area contributed by atoms with Crippen molar-refractivity contribution in [3.8, 4) is 0 Å². The number of hydrogen-bond acceptors (Lipinski definition) is 5. The van der Waals surface area contributed by atoms with E-state index in [0.717, 1.165) is 6.42 Å². The van der Waals surface area contributed by atoms with Crippen LogP contribution in [-0.4, -0.2) is 60.8 Å². The normalized spacial score (nSPS) is 23.6. The Labute approximate surface area is 108 Å². The molecule has 1 fully saturated rings. The molecule has 1 aliphatic rings. The van der Waals surface area contributed by atoms with E-state index >= 15 is 0 Å². The molecule has 6 heteroatoms. The maximum atomic E-state index is 11.9. The summed E-state index contributed by atoms with van der Waals surface area (Å²) in [6.07, 6.45) is -0.165. The largest absolute Gasteiger partial charge is 0.444 e. The summed E-state index contributed by atoms with van der Waals surface area (Å²) in [5, 5.41) is 12.3. The molecule has 1 atom stereocenters. The summed E-state index contributed by atoms with van der Waals surface area (Å²) in [5.41, 5.74) is -0.484. The third-order valence-electron chi connectivity index (χ3n) is 2.42. The number of ether oxygens (including phenoxy) is 2. The van der Waals surface area contributed by atoms with Gasteiger partial charge in [0, 0.05) is 13.1 Å². The van der Waals surface area contributed by atoms with E-state index in [4.69, 9.17) is 9.47 Å². The van der Waals surface area contributed by atoms with Crippen molar-refractivity contribution >= 4 is 6.09 Å². The predicted molar refractivity (Wildman–Crippen MR) is 67.3 cm³/mol. The van der Waals surface area contributed by atoms with E-state index in [1.54, 1.807) is 4.90 Å². The van der Waals surface area contributed by atoms with Gasteiger partial charge in [-0.15, -0.1) is 0 Å². The van der Waals surface area contributed by atoms with E-state index < -0.39 is 11.8 Å². The first-order valence-electron chi connectivity index (χ1n) is 6.35. The number of rotatable bonds is 0. The van der Waals surface area contributed by atoms with Gasteiger partial charge in [-0.2, -0.15) is 0 Å². The Kier molecular flexibility index (Phi) is 5.84. The predicted octanol–water partition coefficient (Wildman–Crippen LogP) is 0.552. The first-order valence-corrected chi connectivity index (χ1v) is 6.35. The van der Waals surface area contributed by atoms with Crippen molar-refractivity contribution in [2.45, 2.75) is 39.0 Å². The molecule has 0 spiro atoms. The molecule has 0 bridgehead atoms. The summed E-state index contributed by atoms with van der Waals surface area (Å²) in [4.78, 5) is 13.6. The van der Waals surface area contributed by atoms with Crippen molar-refractivity contribution in [1.82, 2.24) is 10.2 Å². The topological polar surface area (TPSA) is 71.0 Å². The molecule has 2 N–H and O–H groups in total. The van der Waals surface area contributed by atoms with Crippen LogP contribution in [0.3, 0.4) is 0 Å². The van der Waals surface area contributed by atoms with Crippen LogP contribution in [0.1, 0.15) is 27.2 Å². The van der Waals surface area contributed by atoms with Gasteiger partial charge >= 0.3 is 6.09 Å². The van der Waals surface area contributed by atoms with Crippen molar-refractivity contribution in [3.63, 3.8) is 0 Å². The lowest BCUT2D eigenvalue weighted by atomic mass is 10.2. The SMILES string of the molecule is CC(C)(C)OC(=O)N1CCCNC(O)COCC1. The number of carbonyl (C=O) groups excluding carboxylic acids is 1. The van der Waals surface area contributed by atoms with Crippen molar-refractivity contribution in [3.05, 3.63) is 0 Å². The standard InChI is InChI=1S/C12H24N2O4/c1-12(2,3)18-11(16)14-6-4-5-13-10(15)9-17-8-7-14/h10,13,15H,4-9H2,1-3H3. The van der Waals surface area contributed by atoms with E-state index in [9.17, 15) is 9.90 Å². The van der Waals surface area contributed by atoms with Gasteiger partial charge in [-0.05, 0) is 33.7 Å². The molecule has 0 saturated carbocycles. The van der Waals surface area contributed by atoms with Gasteiger partial charge in [0.15, 0.2) is 0 Å². The van der Waals surface area contributed by atoms with Crippen LogP contribution < -0.4 is 5.32 Å². The van der Waals surface area contributed by atoms with Gasteiger partial charge in [-0.1, -0.05) is 0 Å². The minimum atomic E-state index is -0.627. The zero-order valence-electron chi connectivity index (χ0n) is 11.4. The fraction of sp³-hybridized carbons (Fsp3) is 0.917. The second kappa shape index (κ2) is 6.92. The maximum Gasteiger partial charge on any atom is 0.410 e. The third-order valence-corrected chi connectivity index (χ3v) is 2.42. The number of nitrogens with one attached hydrogen (secondary N) is 1. The molecule has 1 rings (SSSR count). The fourth-order valence-corrected chi connectivity index (χ4v) is 1.59. The van der Waals surface area contributed by atoms with E-state index in [1.165, 1.54) is 0 Å². The first-order chi connectivity index (χ1) is 8.38. The minimum absolute atomic E-state index is 0.238. The van der Waals surface area contributed by atoms with Gasteiger partial charge in [0.1, 0.15) is 11.8 Å². The minimum Gasteiger partial charge on any atom is -0.444 e. The zero-order valence-corrected chi connectivity index (χ0v) is 11.4. The molecule has 0 radical (unpaired) electrons. The summed E-state index contributed by atoms with van der Waals surface area (Å²) < 4.78 is 10.6. The Morgan fingerprint density at radius 3 is 2.83 bits per heavy atom. The van der Waals surface area contributed by atoms with Crippen LogP contribution >= 0.6 is 0 Å². The van der Waals surface area contributed by atoms with Crippen LogP contribution in [0.4, 0.5) is 4.79 Å². The molecule has 0 aromatic heterocycles. The molecular formula is C12H24N2O4. The molecule has 106 valence electrons. The van der Waals surface area contributed by atoms with Crippen LogP contribution in [0.25, 0.3) is 0 Å². The van der Waals surface area contributed by atoms with E-state index in [-0.39, 0.29) is 12.7 Å². The summed E-state index contributed by atoms with van der Waals surface area (Å²) in [6.45, 7) is 7.91. The molecule has 1 heterocycles. The Morgan fingerprint density at radius 1 is 1.44 bits per heavy atom. The summed E-state index contributed by atoms with van der Waals surface area (Å²) >= 11 is 0. The Morgan fingerprint density at radius 2 is 2.17 bits per heavy atom. The number of carbonyl (C=O) groups is 1. The van der Waals surface area contributed by atoms with Crippen molar-refractivity contribution in [1.29, 1.82) is 0 Å². The average Bonchev–Trinajstić information content (AvgIpc) is 2.24. The Balaban J connectivity index is 2.45. The van der Waals surface area contributed by atoms with Gasteiger partial charge in [-0.3, -0.25) is 5.32 Å². The molecule has 6 nitrogen and oxygen atoms in total. The highest BCUT2D eigenvalue weighted by Gasteiger charge is 2.22. The highest BCUT2D eigenvalue weighted by atomic mass is 16.6. The molecular weight excluding hydrogens is 236 g/mol. The molecule has 0 aliphatic carbocycles. The number of amides is 1. The van der Waals surface area contributed by atoms with Gasteiger partial charge in [0.05, 0.1) is 13.2 Å². The monoisotopic (exact) mass is 260 g/mol. The second-order valence-electron chi connectivity index (χ2n) is 5.37. The van der Waals surface area contributed by atoms with Crippen LogP contribution in [0.15, 0.2) is 0 Å². The average molecular weight is 260 g/mol. The smallest absolute Gasteiger partial charge is 0.410 e. The van der Waals surface area contributed by atoms with E-state index in [1.807, 2.05) is 20.8 Å².